The van der Waals surface area contributed by atoms with Gasteiger partial charge in [-0.25, -0.2) is 0 Å². The van der Waals surface area contributed by atoms with E-state index in [9.17, 15) is 14.4 Å². The van der Waals surface area contributed by atoms with Crippen LogP contribution in [-0.2, 0) is 20.9 Å². The zero-order valence-electron chi connectivity index (χ0n) is 8.70. The van der Waals surface area contributed by atoms with Gasteiger partial charge in [-0.3, -0.25) is 19.3 Å². The summed E-state index contributed by atoms with van der Waals surface area (Å²) < 4.78 is 0. The summed E-state index contributed by atoms with van der Waals surface area (Å²) in [4.78, 5) is 36.6. The maximum atomic E-state index is 11.8. The molecule has 2 atom stereocenters. The Morgan fingerprint density at radius 1 is 1.35 bits per heavy atom. The number of hydrogen-bond acceptors (Lipinski definition) is 4. The lowest BCUT2D eigenvalue weighted by Crippen LogP contribution is -2.34. The molecule has 0 bridgehead atoms. The molecule has 1 aromatic rings. The van der Waals surface area contributed by atoms with Crippen molar-refractivity contribution in [3.63, 3.8) is 0 Å². The standard InChI is InChI=1S/C11H9NO4S/c13-9-6-7(8(6)11(15)16)10(14)12(9)4-5-2-1-3-17-5/h1-3,6-8H,4H2,(H,15,16). The van der Waals surface area contributed by atoms with Crippen LogP contribution in [0, 0.1) is 17.8 Å². The van der Waals surface area contributed by atoms with Gasteiger partial charge >= 0.3 is 5.97 Å². The number of fused-ring (bicyclic) bond motifs is 1. The average Bonchev–Trinajstić information content (AvgIpc) is 2.74. The van der Waals surface area contributed by atoms with Crippen LogP contribution in [0.25, 0.3) is 0 Å². The molecule has 0 aromatic carbocycles. The molecule has 1 aliphatic carbocycles. The van der Waals surface area contributed by atoms with Crippen LogP contribution in [-0.4, -0.2) is 27.8 Å². The van der Waals surface area contributed by atoms with Crippen molar-refractivity contribution in [2.45, 2.75) is 6.54 Å². The van der Waals surface area contributed by atoms with Crippen molar-refractivity contribution in [1.29, 1.82) is 0 Å². The monoisotopic (exact) mass is 251 g/mol. The van der Waals surface area contributed by atoms with E-state index in [-0.39, 0.29) is 18.4 Å². The second-order valence-corrected chi connectivity index (χ2v) is 5.29. The molecule has 1 N–H and O–H groups in total. The van der Waals surface area contributed by atoms with Crippen LogP contribution in [0.5, 0.6) is 0 Å². The van der Waals surface area contributed by atoms with Gasteiger partial charge in [-0.1, -0.05) is 6.07 Å². The molecule has 1 aromatic heterocycles. The Morgan fingerprint density at radius 3 is 2.47 bits per heavy atom. The maximum Gasteiger partial charge on any atom is 0.308 e. The molecule has 88 valence electrons. The number of nitrogens with zero attached hydrogens (tertiary/aromatic N) is 1. The van der Waals surface area contributed by atoms with Crippen molar-refractivity contribution in [1.82, 2.24) is 4.90 Å². The quantitative estimate of drug-likeness (QED) is 0.797. The van der Waals surface area contributed by atoms with E-state index < -0.39 is 23.7 Å². The van der Waals surface area contributed by atoms with Gasteiger partial charge in [0.05, 0.1) is 24.3 Å². The highest BCUT2D eigenvalue weighted by atomic mass is 32.1. The fraction of sp³-hybridized carbons (Fsp3) is 0.364. The maximum absolute atomic E-state index is 11.8. The molecule has 0 radical (unpaired) electrons. The zero-order valence-corrected chi connectivity index (χ0v) is 9.52. The number of carbonyl (C=O) groups is 3. The molecular weight excluding hydrogens is 242 g/mol. The van der Waals surface area contributed by atoms with Crippen molar-refractivity contribution in [3.05, 3.63) is 22.4 Å². The summed E-state index contributed by atoms with van der Waals surface area (Å²) in [6.45, 7) is 0.272. The number of amides is 2. The van der Waals surface area contributed by atoms with Crippen molar-refractivity contribution in [2.75, 3.05) is 0 Å². The summed E-state index contributed by atoms with van der Waals surface area (Å²) in [5.41, 5.74) is 0. The van der Waals surface area contributed by atoms with Gasteiger partial charge in [-0.2, -0.15) is 0 Å². The van der Waals surface area contributed by atoms with Crippen molar-refractivity contribution >= 4 is 29.1 Å². The molecule has 1 saturated carbocycles. The van der Waals surface area contributed by atoms with Crippen LogP contribution < -0.4 is 0 Å². The van der Waals surface area contributed by atoms with Crippen molar-refractivity contribution in [2.24, 2.45) is 17.8 Å². The van der Waals surface area contributed by atoms with Gasteiger partial charge in [0.15, 0.2) is 0 Å². The van der Waals surface area contributed by atoms with Gasteiger partial charge in [0.1, 0.15) is 0 Å². The first kappa shape index (κ1) is 10.5. The Balaban J connectivity index is 1.77. The lowest BCUT2D eigenvalue weighted by atomic mass is 10.2. The number of aliphatic carboxylic acids is 1. The Labute approximate surface area is 101 Å². The average molecular weight is 251 g/mol. The summed E-state index contributed by atoms with van der Waals surface area (Å²) >= 11 is 1.47. The van der Waals surface area contributed by atoms with E-state index in [4.69, 9.17) is 5.11 Å². The highest BCUT2D eigenvalue weighted by molar-refractivity contribution is 7.09. The molecule has 17 heavy (non-hydrogen) atoms. The SMILES string of the molecule is O=C(O)C1C2C(=O)N(Cc3cccs3)C(=O)C12. The van der Waals surface area contributed by atoms with E-state index in [2.05, 4.69) is 0 Å². The number of imide groups is 1. The molecule has 5 nitrogen and oxygen atoms in total. The number of carboxylic acid groups (broad SMARTS) is 1. The number of likely N-dealkylation sites (tertiary alicyclic amines) is 1. The number of carbonyl (C=O) groups excluding carboxylic acids is 2. The number of piperidine rings is 1. The molecule has 1 aliphatic heterocycles. The van der Waals surface area contributed by atoms with Crippen molar-refractivity contribution in [3.8, 4) is 0 Å². The molecule has 2 unspecified atom stereocenters. The smallest absolute Gasteiger partial charge is 0.308 e. The van der Waals surface area contributed by atoms with Gasteiger partial charge < -0.3 is 5.11 Å². The molecule has 6 heteroatoms. The molecule has 2 heterocycles. The lowest BCUT2D eigenvalue weighted by molar-refractivity contribution is -0.149. The largest absolute Gasteiger partial charge is 0.481 e. The number of carboxylic acids is 1. The van der Waals surface area contributed by atoms with E-state index in [1.165, 1.54) is 16.2 Å². The molecule has 2 fully saturated rings. The third kappa shape index (κ3) is 1.40. The first-order chi connectivity index (χ1) is 8.11. The highest BCUT2D eigenvalue weighted by Crippen LogP contribution is 2.53. The third-order valence-corrected chi connectivity index (χ3v) is 4.16. The van der Waals surface area contributed by atoms with E-state index in [1.54, 1.807) is 0 Å². The number of thiophene rings is 1. The Bertz CT molecular complexity index is 488. The molecular formula is C11H9NO4S. The van der Waals surface area contributed by atoms with E-state index in [1.807, 2.05) is 17.5 Å². The van der Waals surface area contributed by atoms with Crippen LogP contribution in [0.1, 0.15) is 4.88 Å². The fourth-order valence-corrected chi connectivity index (χ4v) is 3.11. The second-order valence-electron chi connectivity index (χ2n) is 4.26. The van der Waals surface area contributed by atoms with Crippen molar-refractivity contribution < 1.29 is 19.5 Å². The van der Waals surface area contributed by atoms with Crippen LogP contribution in [0.3, 0.4) is 0 Å². The predicted molar refractivity (Wildman–Crippen MR) is 58.0 cm³/mol. The molecule has 2 amide bonds. The Morgan fingerprint density at radius 2 is 2.00 bits per heavy atom. The fourth-order valence-electron chi connectivity index (χ4n) is 2.42. The molecule has 2 aliphatic rings. The third-order valence-electron chi connectivity index (χ3n) is 3.30. The minimum atomic E-state index is -1.04. The van der Waals surface area contributed by atoms with Gasteiger partial charge in [-0.15, -0.1) is 11.3 Å². The van der Waals surface area contributed by atoms with Crippen LogP contribution >= 0.6 is 11.3 Å². The van der Waals surface area contributed by atoms with E-state index in [0.717, 1.165) is 4.88 Å². The Kier molecular flexibility index (Phi) is 2.09. The van der Waals surface area contributed by atoms with E-state index in [0.29, 0.717) is 0 Å². The molecule has 1 saturated heterocycles. The van der Waals surface area contributed by atoms with Crippen LogP contribution in [0.15, 0.2) is 17.5 Å². The topological polar surface area (TPSA) is 74.7 Å². The number of hydrogen-bond donors (Lipinski definition) is 1. The first-order valence-electron chi connectivity index (χ1n) is 5.21. The summed E-state index contributed by atoms with van der Waals surface area (Å²) in [5.74, 6) is -3.71. The summed E-state index contributed by atoms with van der Waals surface area (Å²) in [7, 11) is 0. The minimum absolute atomic E-state index is 0.272. The molecule has 0 spiro atoms. The predicted octanol–water partition coefficient (Wildman–Crippen LogP) is 0.564. The summed E-state index contributed by atoms with van der Waals surface area (Å²) in [5, 5.41) is 10.7. The second kappa shape index (κ2) is 3.40. The number of rotatable bonds is 3. The Hall–Kier alpha value is -1.69. The van der Waals surface area contributed by atoms with Gasteiger partial charge in [0, 0.05) is 4.88 Å². The summed E-state index contributed by atoms with van der Waals surface area (Å²) in [6, 6.07) is 3.70. The van der Waals surface area contributed by atoms with E-state index >= 15 is 0 Å². The minimum Gasteiger partial charge on any atom is -0.481 e. The highest BCUT2D eigenvalue weighted by Gasteiger charge is 2.70. The van der Waals surface area contributed by atoms with Gasteiger partial charge in [0.2, 0.25) is 11.8 Å². The zero-order chi connectivity index (χ0) is 12.2. The van der Waals surface area contributed by atoms with Crippen LogP contribution in [0.2, 0.25) is 0 Å². The molecule has 3 rings (SSSR count). The lowest BCUT2D eigenvalue weighted by Gasteiger charge is -2.16. The van der Waals surface area contributed by atoms with Crippen LogP contribution in [0.4, 0.5) is 0 Å². The first-order valence-corrected chi connectivity index (χ1v) is 6.09. The van der Waals surface area contributed by atoms with Gasteiger partial charge in [0.25, 0.3) is 0 Å². The summed E-state index contributed by atoms with van der Waals surface area (Å²) in [6.07, 6.45) is 0. The normalized spacial score (nSPS) is 30.6. The van der Waals surface area contributed by atoms with Gasteiger partial charge in [-0.05, 0) is 11.4 Å².